The van der Waals surface area contributed by atoms with Crippen molar-refractivity contribution in [3.63, 3.8) is 0 Å². The molecule has 0 saturated heterocycles. The molecule has 11 heteroatoms. The minimum absolute atomic E-state index is 0.0153. The number of thioether (sulfide) groups is 1. The molecule has 0 saturated carbocycles. The second-order valence-corrected chi connectivity index (χ2v) is 8.00. The summed E-state index contributed by atoms with van der Waals surface area (Å²) in [5.74, 6) is -1.13. The van der Waals surface area contributed by atoms with Crippen molar-refractivity contribution in [3.05, 3.63) is 55.6 Å². The van der Waals surface area contributed by atoms with Crippen LogP contribution in [-0.2, 0) is 18.0 Å². The fraction of sp³-hybridized carbons (Fsp3) is 0.353. The highest BCUT2D eigenvalue weighted by molar-refractivity contribution is 8.00. The van der Waals surface area contributed by atoms with Gasteiger partial charge in [0.2, 0.25) is 0 Å². The van der Waals surface area contributed by atoms with Crippen LogP contribution in [0.4, 0.5) is 17.6 Å². The Morgan fingerprint density at radius 3 is 2.39 bits per heavy atom. The van der Waals surface area contributed by atoms with E-state index in [-0.39, 0.29) is 38.0 Å². The Morgan fingerprint density at radius 2 is 1.86 bits per heavy atom. The molecule has 0 bridgehead atoms. The zero-order valence-corrected chi connectivity index (χ0v) is 16.5. The molecule has 1 unspecified atom stereocenters. The summed E-state index contributed by atoms with van der Waals surface area (Å²) in [5.41, 5.74) is -4.66. The molecule has 0 aliphatic heterocycles. The summed E-state index contributed by atoms with van der Waals surface area (Å²) >= 11 is 7.12. The SMILES string of the molecule is CC(=O)CC(C)Sc1cc(-n2c(=O)cc(C(F)(F)F)n(C)c2=O)c(F)cc1Cl. The molecule has 1 aromatic carbocycles. The Hall–Kier alpha value is -2.07. The minimum atomic E-state index is -4.92. The third kappa shape index (κ3) is 4.67. The van der Waals surface area contributed by atoms with Crippen LogP contribution in [0.1, 0.15) is 26.0 Å². The van der Waals surface area contributed by atoms with Gasteiger partial charge in [-0.05, 0) is 19.1 Å². The van der Waals surface area contributed by atoms with Crippen molar-refractivity contribution in [2.24, 2.45) is 7.05 Å². The van der Waals surface area contributed by atoms with E-state index in [9.17, 15) is 31.9 Å². The molecule has 1 heterocycles. The maximum Gasteiger partial charge on any atom is 0.431 e. The summed E-state index contributed by atoms with van der Waals surface area (Å²) in [5, 5.41) is -0.251. The average Bonchev–Trinajstić information content (AvgIpc) is 2.53. The number of aromatic nitrogens is 2. The van der Waals surface area contributed by atoms with E-state index in [0.717, 1.165) is 30.9 Å². The van der Waals surface area contributed by atoms with Gasteiger partial charge in [-0.3, -0.25) is 14.2 Å². The molecule has 0 aliphatic carbocycles. The Bertz CT molecular complexity index is 1050. The van der Waals surface area contributed by atoms with Crippen molar-refractivity contribution < 1.29 is 22.4 Å². The van der Waals surface area contributed by atoms with E-state index in [0.29, 0.717) is 4.57 Å². The number of halogens is 5. The lowest BCUT2D eigenvalue weighted by molar-refractivity contribution is -0.144. The summed E-state index contributed by atoms with van der Waals surface area (Å²) in [6, 6.07) is 2.19. The van der Waals surface area contributed by atoms with Gasteiger partial charge >= 0.3 is 11.9 Å². The highest BCUT2D eigenvalue weighted by Gasteiger charge is 2.35. The van der Waals surface area contributed by atoms with Crippen molar-refractivity contribution in [2.45, 2.75) is 36.6 Å². The monoisotopic (exact) mass is 438 g/mol. The van der Waals surface area contributed by atoms with Crippen LogP contribution in [0.2, 0.25) is 5.02 Å². The number of carbonyl (C=O) groups is 1. The second kappa shape index (κ2) is 8.12. The van der Waals surface area contributed by atoms with E-state index < -0.39 is 34.6 Å². The first-order valence-corrected chi connectivity index (χ1v) is 9.14. The molecule has 5 nitrogen and oxygen atoms in total. The minimum Gasteiger partial charge on any atom is -0.300 e. The molecule has 2 rings (SSSR count). The van der Waals surface area contributed by atoms with Crippen LogP contribution >= 0.6 is 23.4 Å². The number of benzene rings is 1. The van der Waals surface area contributed by atoms with Gasteiger partial charge in [-0.15, -0.1) is 11.8 Å². The molecule has 0 amide bonds. The Balaban J connectivity index is 2.65. The van der Waals surface area contributed by atoms with Crippen molar-refractivity contribution in [3.8, 4) is 5.69 Å². The fourth-order valence-electron chi connectivity index (χ4n) is 2.56. The first-order chi connectivity index (χ1) is 12.8. The van der Waals surface area contributed by atoms with Gasteiger partial charge in [-0.2, -0.15) is 13.2 Å². The van der Waals surface area contributed by atoms with E-state index >= 15 is 0 Å². The smallest absolute Gasteiger partial charge is 0.300 e. The number of hydrogen-bond acceptors (Lipinski definition) is 4. The number of rotatable bonds is 5. The molecule has 0 spiro atoms. The molecule has 28 heavy (non-hydrogen) atoms. The lowest BCUT2D eigenvalue weighted by atomic mass is 10.2. The van der Waals surface area contributed by atoms with E-state index in [4.69, 9.17) is 11.6 Å². The highest BCUT2D eigenvalue weighted by Crippen LogP contribution is 2.34. The summed E-state index contributed by atoms with van der Waals surface area (Å²) < 4.78 is 53.8. The van der Waals surface area contributed by atoms with E-state index in [1.54, 1.807) is 6.92 Å². The van der Waals surface area contributed by atoms with Crippen LogP contribution < -0.4 is 11.2 Å². The van der Waals surface area contributed by atoms with Gasteiger partial charge in [-0.1, -0.05) is 18.5 Å². The second-order valence-electron chi connectivity index (χ2n) is 6.11. The summed E-state index contributed by atoms with van der Waals surface area (Å²) in [6.07, 6.45) is -4.72. The average molecular weight is 439 g/mol. The van der Waals surface area contributed by atoms with Crippen LogP contribution in [0.3, 0.4) is 0 Å². The molecular formula is C17H15ClF4N2O3S. The van der Waals surface area contributed by atoms with Gasteiger partial charge in [0.1, 0.15) is 17.3 Å². The van der Waals surface area contributed by atoms with E-state index in [1.165, 1.54) is 6.92 Å². The molecule has 1 aromatic heterocycles. The molecular weight excluding hydrogens is 424 g/mol. The first-order valence-electron chi connectivity index (χ1n) is 7.88. The Labute approximate surface area is 165 Å². The van der Waals surface area contributed by atoms with Crippen molar-refractivity contribution in [1.82, 2.24) is 9.13 Å². The Morgan fingerprint density at radius 1 is 1.25 bits per heavy atom. The van der Waals surface area contributed by atoms with Gasteiger partial charge in [0, 0.05) is 29.7 Å². The number of nitrogens with zero attached hydrogens (tertiary/aromatic N) is 2. The number of Topliss-reactive ketones (excluding diaryl/α,β-unsaturated/α-hetero) is 1. The van der Waals surface area contributed by atoms with E-state index in [2.05, 4.69) is 0 Å². The van der Waals surface area contributed by atoms with E-state index in [1.807, 2.05) is 0 Å². The molecule has 0 radical (unpaired) electrons. The summed E-state index contributed by atoms with van der Waals surface area (Å²) in [6.45, 7) is 3.13. The van der Waals surface area contributed by atoms with Gasteiger partial charge in [0.25, 0.3) is 5.56 Å². The number of hydrogen-bond donors (Lipinski definition) is 0. The van der Waals surface area contributed by atoms with Crippen LogP contribution in [0, 0.1) is 5.82 Å². The third-order valence-electron chi connectivity index (χ3n) is 3.76. The predicted octanol–water partition coefficient (Wildman–Crippen LogP) is 3.81. The van der Waals surface area contributed by atoms with Crippen LogP contribution in [-0.4, -0.2) is 20.2 Å². The Kier molecular flexibility index (Phi) is 6.44. The van der Waals surface area contributed by atoms with Crippen LogP contribution in [0.15, 0.2) is 32.7 Å². The zero-order chi connectivity index (χ0) is 21.4. The largest absolute Gasteiger partial charge is 0.431 e. The molecule has 1 atom stereocenters. The van der Waals surface area contributed by atoms with Crippen LogP contribution in [0.5, 0.6) is 0 Å². The molecule has 2 aromatic rings. The topological polar surface area (TPSA) is 61.1 Å². The number of alkyl halides is 3. The molecule has 0 aliphatic rings. The normalized spacial score (nSPS) is 12.9. The maximum atomic E-state index is 14.4. The third-order valence-corrected chi connectivity index (χ3v) is 5.34. The zero-order valence-electron chi connectivity index (χ0n) is 14.9. The maximum absolute atomic E-state index is 14.4. The molecule has 0 fully saturated rings. The van der Waals surface area contributed by atoms with Crippen molar-refractivity contribution in [1.29, 1.82) is 0 Å². The van der Waals surface area contributed by atoms with Crippen molar-refractivity contribution >= 4 is 29.1 Å². The quantitative estimate of drug-likeness (QED) is 0.526. The lowest BCUT2D eigenvalue weighted by Gasteiger charge is -2.16. The highest BCUT2D eigenvalue weighted by atomic mass is 35.5. The van der Waals surface area contributed by atoms with Gasteiger partial charge < -0.3 is 0 Å². The van der Waals surface area contributed by atoms with Gasteiger partial charge in [0.15, 0.2) is 0 Å². The fourth-order valence-corrected chi connectivity index (χ4v) is 3.95. The summed E-state index contributed by atoms with van der Waals surface area (Å²) in [7, 11) is 0.833. The first kappa shape index (κ1) is 22.2. The van der Waals surface area contributed by atoms with Crippen molar-refractivity contribution in [2.75, 3.05) is 0 Å². The molecule has 152 valence electrons. The summed E-state index contributed by atoms with van der Waals surface area (Å²) in [4.78, 5) is 36.0. The van der Waals surface area contributed by atoms with Gasteiger partial charge in [-0.25, -0.2) is 13.8 Å². The number of carbonyl (C=O) groups excluding carboxylic acids is 1. The lowest BCUT2D eigenvalue weighted by Crippen LogP contribution is -2.41. The standard InChI is InChI=1S/C17H15ClF4N2O3S/c1-8(25)4-9(2)28-13-6-12(11(19)5-10(13)18)24-15(26)7-14(17(20,21)22)23(3)16(24)27/h5-7,9H,4H2,1-3H3. The molecule has 0 N–H and O–H groups in total. The number of ketones is 1. The van der Waals surface area contributed by atoms with Gasteiger partial charge in [0.05, 0.1) is 10.7 Å². The predicted molar refractivity (Wildman–Crippen MR) is 97.9 cm³/mol. The van der Waals surface area contributed by atoms with Crippen LogP contribution in [0.25, 0.3) is 5.69 Å².